The molecule has 0 aliphatic carbocycles. The standard InChI is InChI=1S/C18H22N2O2/c1-3-11-22-18(21)14-7-10-17(16(19)12-14)20-15-8-5-13(4-2)6-9-15/h5-10,12,20H,3-4,11,19H2,1-2H3. The van der Waals surface area contributed by atoms with Crippen molar-refractivity contribution in [3.63, 3.8) is 0 Å². The van der Waals surface area contributed by atoms with Gasteiger partial charge in [-0.05, 0) is 48.7 Å². The number of benzene rings is 2. The van der Waals surface area contributed by atoms with E-state index in [0.717, 1.165) is 24.2 Å². The van der Waals surface area contributed by atoms with Gasteiger partial charge in [0.05, 0.1) is 23.5 Å². The molecule has 0 radical (unpaired) electrons. The van der Waals surface area contributed by atoms with E-state index in [1.165, 1.54) is 5.56 Å². The molecule has 0 amide bonds. The number of hydrogen-bond donors (Lipinski definition) is 2. The average molecular weight is 298 g/mol. The van der Waals surface area contributed by atoms with Crippen molar-refractivity contribution in [2.75, 3.05) is 17.7 Å². The first-order valence-corrected chi connectivity index (χ1v) is 7.56. The molecule has 0 saturated heterocycles. The van der Waals surface area contributed by atoms with Crippen molar-refractivity contribution in [2.24, 2.45) is 0 Å². The molecule has 0 atom stereocenters. The van der Waals surface area contributed by atoms with Crippen molar-refractivity contribution < 1.29 is 9.53 Å². The predicted octanol–water partition coefficient (Wildman–Crippen LogP) is 4.14. The number of anilines is 3. The van der Waals surface area contributed by atoms with E-state index in [9.17, 15) is 4.79 Å². The molecule has 4 heteroatoms. The van der Waals surface area contributed by atoms with Gasteiger partial charge >= 0.3 is 5.97 Å². The molecule has 2 aromatic carbocycles. The van der Waals surface area contributed by atoms with Gasteiger partial charge in [-0.2, -0.15) is 0 Å². The molecule has 0 aromatic heterocycles. The number of nitrogens with one attached hydrogen (secondary N) is 1. The Kier molecular flexibility index (Phi) is 5.42. The molecule has 2 rings (SSSR count). The van der Waals surface area contributed by atoms with Crippen LogP contribution < -0.4 is 11.1 Å². The first-order chi connectivity index (χ1) is 10.6. The quantitative estimate of drug-likeness (QED) is 0.621. The van der Waals surface area contributed by atoms with Crippen LogP contribution >= 0.6 is 0 Å². The summed E-state index contributed by atoms with van der Waals surface area (Å²) in [5.74, 6) is -0.340. The highest BCUT2D eigenvalue weighted by molar-refractivity contribution is 5.92. The fourth-order valence-electron chi connectivity index (χ4n) is 2.06. The number of aryl methyl sites for hydroxylation is 1. The largest absolute Gasteiger partial charge is 0.462 e. The van der Waals surface area contributed by atoms with Gasteiger partial charge in [0.1, 0.15) is 0 Å². The highest BCUT2D eigenvalue weighted by atomic mass is 16.5. The summed E-state index contributed by atoms with van der Waals surface area (Å²) < 4.78 is 5.10. The van der Waals surface area contributed by atoms with Crippen molar-refractivity contribution in [3.05, 3.63) is 53.6 Å². The van der Waals surface area contributed by atoms with Gasteiger partial charge in [-0.15, -0.1) is 0 Å². The van der Waals surface area contributed by atoms with E-state index < -0.39 is 0 Å². The zero-order valence-electron chi connectivity index (χ0n) is 13.1. The van der Waals surface area contributed by atoms with Crippen LogP contribution in [-0.2, 0) is 11.2 Å². The van der Waals surface area contributed by atoms with Gasteiger partial charge in [-0.1, -0.05) is 26.0 Å². The Labute approximate surface area is 131 Å². The molecule has 0 bridgehead atoms. The van der Waals surface area contributed by atoms with Crippen molar-refractivity contribution >= 4 is 23.0 Å². The molecule has 3 N–H and O–H groups in total. The molecule has 0 heterocycles. The molecule has 0 aliphatic heterocycles. The summed E-state index contributed by atoms with van der Waals surface area (Å²) in [5, 5.41) is 3.26. The normalized spacial score (nSPS) is 10.3. The lowest BCUT2D eigenvalue weighted by atomic mass is 10.1. The number of hydrogen-bond acceptors (Lipinski definition) is 4. The highest BCUT2D eigenvalue weighted by Gasteiger charge is 2.09. The number of carbonyl (C=O) groups excluding carboxylic acids is 1. The first kappa shape index (κ1) is 15.9. The smallest absolute Gasteiger partial charge is 0.338 e. The summed E-state index contributed by atoms with van der Waals surface area (Å²) in [5.41, 5.74) is 10.0. The number of nitrogens with two attached hydrogens (primary N) is 1. The monoisotopic (exact) mass is 298 g/mol. The Morgan fingerprint density at radius 3 is 2.45 bits per heavy atom. The van der Waals surface area contributed by atoms with Gasteiger partial charge in [0.2, 0.25) is 0 Å². The lowest BCUT2D eigenvalue weighted by molar-refractivity contribution is 0.0505. The SMILES string of the molecule is CCCOC(=O)c1ccc(Nc2ccc(CC)cc2)c(N)c1. The molecule has 0 aliphatic rings. The van der Waals surface area contributed by atoms with Crippen LogP contribution in [0, 0.1) is 0 Å². The van der Waals surface area contributed by atoms with E-state index in [4.69, 9.17) is 10.5 Å². The van der Waals surface area contributed by atoms with E-state index in [-0.39, 0.29) is 5.97 Å². The van der Waals surface area contributed by atoms with Crippen LogP contribution in [0.2, 0.25) is 0 Å². The molecule has 116 valence electrons. The fourth-order valence-corrected chi connectivity index (χ4v) is 2.06. The maximum atomic E-state index is 11.8. The molecular formula is C18H22N2O2. The van der Waals surface area contributed by atoms with Crippen LogP contribution in [0.15, 0.2) is 42.5 Å². The zero-order valence-corrected chi connectivity index (χ0v) is 13.1. The van der Waals surface area contributed by atoms with E-state index in [1.54, 1.807) is 18.2 Å². The third kappa shape index (κ3) is 4.01. The average Bonchev–Trinajstić information content (AvgIpc) is 2.55. The van der Waals surface area contributed by atoms with Crippen molar-refractivity contribution in [1.82, 2.24) is 0 Å². The van der Waals surface area contributed by atoms with Gasteiger partial charge in [0, 0.05) is 5.69 Å². The Hall–Kier alpha value is -2.49. The number of ether oxygens (including phenoxy) is 1. The Morgan fingerprint density at radius 2 is 1.86 bits per heavy atom. The summed E-state index contributed by atoms with van der Waals surface area (Å²) in [7, 11) is 0. The van der Waals surface area contributed by atoms with Crippen LogP contribution in [-0.4, -0.2) is 12.6 Å². The van der Waals surface area contributed by atoms with Crippen LogP contribution in [0.25, 0.3) is 0 Å². The van der Waals surface area contributed by atoms with Gasteiger partial charge in [0.15, 0.2) is 0 Å². The lowest BCUT2D eigenvalue weighted by Crippen LogP contribution is -2.07. The number of nitrogen functional groups attached to an aromatic ring is 1. The molecular weight excluding hydrogens is 276 g/mol. The van der Waals surface area contributed by atoms with E-state index in [0.29, 0.717) is 17.9 Å². The van der Waals surface area contributed by atoms with Crippen molar-refractivity contribution in [1.29, 1.82) is 0 Å². The van der Waals surface area contributed by atoms with Crippen molar-refractivity contribution in [2.45, 2.75) is 26.7 Å². The van der Waals surface area contributed by atoms with Gasteiger partial charge < -0.3 is 15.8 Å². The third-order valence-corrected chi connectivity index (χ3v) is 3.37. The van der Waals surface area contributed by atoms with E-state index in [2.05, 4.69) is 24.4 Å². The molecule has 2 aromatic rings. The molecule has 0 fully saturated rings. The van der Waals surface area contributed by atoms with Crippen LogP contribution in [0.4, 0.5) is 17.1 Å². The second-order valence-corrected chi connectivity index (χ2v) is 5.11. The minimum absolute atomic E-state index is 0.340. The first-order valence-electron chi connectivity index (χ1n) is 7.56. The molecule has 0 unspecified atom stereocenters. The Balaban J connectivity index is 2.10. The maximum absolute atomic E-state index is 11.8. The number of carbonyl (C=O) groups is 1. The number of esters is 1. The number of rotatable bonds is 6. The third-order valence-electron chi connectivity index (χ3n) is 3.37. The van der Waals surface area contributed by atoms with Crippen LogP contribution in [0.1, 0.15) is 36.2 Å². The van der Waals surface area contributed by atoms with Crippen LogP contribution in [0.3, 0.4) is 0 Å². The molecule has 22 heavy (non-hydrogen) atoms. The van der Waals surface area contributed by atoms with E-state index in [1.807, 2.05) is 19.1 Å². The fraction of sp³-hybridized carbons (Fsp3) is 0.278. The summed E-state index contributed by atoms with van der Waals surface area (Å²) in [4.78, 5) is 11.8. The zero-order chi connectivity index (χ0) is 15.9. The summed E-state index contributed by atoms with van der Waals surface area (Å²) in [6, 6.07) is 13.3. The summed E-state index contributed by atoms with van der Waals surface area (Å²) >= 11 is 0. The lowest BCUT2D eigenvalue weighted by Gasteiger charge is -2.11. The second-order valence-electron chi connectivity index (χ2n) is 5.11. The Morgan fingerprint density at radius 1 is 1.14 bits per heavy atom. The van der Waals surface area contributed by atoms with Gasteiger partial charge in [-0.3, -0.25) is 0 Å². The van der Waals surface area contributed by atoms with Crippen molar-refractivity contribution in [3.8, 4) is 0 Å². The van der Waals surface area contributed by atoms with Crippen LogP contribution in [0.5, 0.6) is 0 Å². The molecule has 0 spiro atoms. The minimum atomic E-state index is -0.340. The molecule has 4 nitrogen and oxygen atoms in total. The minimum Gasteiger partial charge on any atom is -0.462 e. The van der Waals surface area contributed by atoms with Gasteiger partial charge in [0.25, 0.3) is 0 Å². The highest BCUT2D eigenvalue weighted by Crippen LogP contribution is 2.25. The maximum Gasteiger partial charge on any atom is 0.338 e. The molecule has 0 saturated carbocycles. The predicted molar refractivity (Wildman–Crippen MR) is 90.5 cm³/mol. The summed E-state index contributed by atoms with van der Waals surface area (Å²) in [6.45, 7) is 4.50. The van der Waals surface area contributed by atoms with E-state index >= 15 is 0 Å². The second kappa shape index (κ2) is 7.50. The Bertz CT molecular complexity index is 636. The summed E-state index contributed by atoms with van der Waals surface area (Å²) in [6.07, 6.45) is 1.81. The topological polar surface area (TPSA) is 64.3 Å². The van der Waals surface area contributed by atoms with Gasteiger partial charge in [-0.25, -0.2) is 4.79 Å².